The zero-order valence-electron chi connectivity index (χ0n) is 15.2. The lowest BCUT2D eigenvalue weighted by atomic mass is 9.94. The largest absolute Gasteiger partial charge is 0.354 e. The van der Waals surface area contributed by atoms with Gasteiger partial charge < -0.3 is 4.98 Å². The molecule has 4 aromatic rings. The molecule has 0 radical (unpaired) electrons. The summed E-state index contributed by atoms with van der Waals surface area (Å²) in [6.45, 7) is 4.17. The van der Waals surface area contributed by atoms with Gasteiger partial charge in [0.2, 0.25) is 0 Å². The first-order chi connectivity index (χ1) is 12.6. The van der Waals surface area contributed by atoms with E-state index in [-0.39, 0.29) is 0 Å². The Morgan fingerprint density at radius 1 is 1.08 bits per heavy atom. The molecule has 130 valence electrons. The van der Waals surface area contributed by atoms with Crippen molar-refractivity contribution in [2.45, 2.75) is 20.3 Å². The molecule has 1 N–H and O–H groups in total. The van der Waals surface area contributed by atoms with Crippen LogP contribution >= 0.6 is 0 Å². The van der Waals surface area contributed by atoms with E-state index in [4.69, 9.17) is 0 Å². The molecular weight excluding hydrogens is 322 g/mol. The number of aldehydes is 1. The lowest BCUT2D eigenvalue weighted by Gasteiger charge is -2.10. The highest BCUT2D eigenvalue weighted by Crippen LogP contribution is 2.33. The van der Waals surface area contributed by atoms with Crippen LogP contribution in [0.15, 0.2) is 48.8 Å². The first kappa shape index (κ1) is 16.3. The van der Waals surface area contributed by atoms with E-state index in [0.29, 0.717) is 0 Å². The van der Waals surface area contributed by atoms with Gasteiger partial charge in [0.1, 0.15) is 6.29 Å². The monoisotopic (exact) mass is 343 g/mol. The number of carbonyl (C=O) groups is 1. The predicted octanol–water partition coefficient (Wildman–Crippen LogP) is 4.59. The molecule has 0 aliphatic heterocycles. The van der Waals surface area contributed by atoms with Gasteiger partial charge in [0, 0.05) is 35.3 Å². The van der Waals surface area contributed by atoms with Gasteiger partial charge in [0.05, 0.1) is 11.9 Å². The molecule has 0 fully saturated rings. The maximum absolute atomic E-state index is 11.2. The van der Waals surface area contributed by atoms with Crippen LogP contribution in [0, 0.1) is 13.8 Å². The van der Waals surface area contributed by atoms with Crippen LogP contribution in [0.2, 0.25) is 0 Å². The van der Waals surface area contributed by atoms with Crippen molar-refractivity contribution in [1.82, 2.24) is 14.8 Å². The van der Waals surface area contributed by atoms with Crippen molar-refractivity contribution in [2.75, 3.05) is 0 Å². The van der Waals surface area contributed by atoms with E-state index in [1.165, 1.54) is 22.1 Å². The fourth-order valence-electron chi connectivity index (χ4n) is 3.71. The normalized spacial score (nSPS) is 11.2. The SMILES string of the molecule is Cc1c(C=O)cccc1Cc1cccc2[nH]c(-c3cnn(C)c3)c(C)c12. The molecule has 26 heavy (non-hydrogen) atoms. The third kappa shape index (κ3) is 2.64. The van der Waals surface area contributed by atoms with Crippen LogP contribution in [0.25, 0.3) is 22.2 Å². The average Bonchev–Trinajstić information content (AvgIpc) is 3.21. The summed E-state index contributed by atoms with van der Waals surface area (Å²) in [7, 11) is 1.93. The van der Waals surface area contributed by atoms with Crippen LogP contribution in [0.1, 0.15) is 32.6 Å². The van der Waals surface area contributed by atoms with Gasteiger partial charge in [-0.25, -0.2) is 0 Å². The van der Waals surface area contributed by atoms with Gasteiger partial charge in [0.15, 0.2) is 0 Å². The third-order valence-corrected chi connectivity index (χ3v) is 5.15. The molecule has 0 aliphatic carbocycles. The molecule has 4 nitrogen and oxygen atoms in total. The fraction of sp³-hybridized carbons (Fsp3) is 0.182. The molecule has 0 unspecified atom stereocenters. The molecule has 4 rings (SSSR count). The first-order valence-electron chi connectivity index (χ1n) is 8.71. The van der Waals surface area contributed by atoms with E-state index < -0.39 is 0 Å². The smallest absolute Gasteiger partial charge is 0.150 e. The number of nitrogens with zero attached hydrogens (tertiary/aromatic N) is 2. The molecule has 2 aromatic heterocycles. The highest BCUT2D eigenvalue weighted by atomic mass is 16.1. The molecule has 0 bridgehead atoms. The number of benzene rings is 2. The van der Waals surface area contributed by atoms with E-state index in [9.17, 15) is 4.79 Å². The number of rotatable bonds is 4. The minimum atomic E-state index is 0.761. The molecule has 0 amide bonds. The molecule has 0 saturated heterocycles. The highest BCUT2D eigenvalue weighted by molar-refractivity contribution is 5.93. The van der Waals surface area contributed by atoms with Crippen LogP contribution in [-0.2, 0) is 13.5 Å². The number of hydrogen-bond donors (Lipinski definition) is 1. The van der Waals surface area contributed by atoms with Crippen molar-refractivity contribution in [1.29, 1.82) is 0 Å². The van der Waals surface area contributed by atoms with Crippen molar-refractivity contribution in [3.8, 4) is 11.3 Å². The number of aromatic amines is 1. The maximum atomic E-state index is 11.2. The molecule has 4 heteroatoms. The number of hydrogen-bond acceptors (Lipinski definition) is 2. The van der Waals surface area contributed by atoms with Gasteiger partial charge in [-0.05, 0) is 48.6 Å². The molecular formula is C22H21N3O. The zero-order valence-corrected chi connectivity index (χ0v) is 15.2. The molecule has 0 aliphatic rings. The highest BCUT2D eigenvalue weighted by Gasteiger charge is 2.15. The summed E-state index contributed by atoms with van der Waals surface area (Å²) in [5, 5.41) is 5.54. The van der Waals surface area contributed by atoms with Crippen LogP contribution in [0.4, 0.5) is 0 Å². The predicted molar refractivity (Wildman–Crippen MR) is 105 cm³/mol. The lowest BCUT2D eigenvalue weighted by Crippen LogP contribution is -1.96. The number of aromatic nitrogens is 3. The molecule has 0 spiro atoms. The van der Waals surface area contributed by atoms with Gasteiger partial charge in [-0.1, -0.05) is 30.3 Å². The third-order valence-electron chi connectivity index (χ3n) is 5.15. The van der Waals surface area contributed by atoms with E-state index in [2.05, 4.69) is 41.3 Å². The number of carbonyl (C=O) groups excluding carboxylic acids is 1. The Bertz CT molecular complexity index is 1120. The van der Waals surface area contributed by atoms with Crippen molar-refractivity contribution in [3.63, 3.8) is 0 Å². The Morgan fingerprint density at radius 3 is 2.58 bits per heavy atom. The lowest BCUT2D eigenvalue weighted by molar-refractivity contribution is 0.112. The number of aryl methyl sites for hydroxylation is 2. The molecule has 0 atom stereocenters. The van der Waals surface area contributed by atoms with Crippen molar-refractivity contribution >= 4 is 17.2 Å². The van der Waals surface area contributed by atoms with Crippen LogP contribution in [0.5, 0.6) is 0 Å². The van der Waals surface area contributed by atoms with Gasteiger partial charge >= 0.3 is 0 Å². The summed E-state index contributed by atoms with van der Waals surface area (Å²) in [6.07, 6.45) is 5.64. The average molecular weight is 343 g/mol. The zero-order chi connectivity index (χ0) is 18.3. The fourth-order valence-corrected chi connectivity index (χ4v) is 3.71. The van der Waals surface area contributed by atoms with Gasteiger partial charge in [0.25, 0.3) is 0 Å². The minimum absolute atomic E-state index is 0.761. The molecule has 0 saturated carbocycles. The summed E-state index contributed by atoms with van der Waals surface area (Å²) in [5.74, 6) is 0. The summed E-state index contributed by atoms with van der Waals surface area (Å²) >= 11 is 0. The number of nitrogens with one attached hydrogen (secondary N) is 1. The van der Waals surface area contributed by atoms with E-state index in [1.807, 2.05) is 43.2 Å². The minimum Gasteiger partial charge on any atom is -0.354 e. The first-order valence-corrected chi connectivity index (χ1v) is 8.71. The van der Waals surface area contributed by atoms with Gasteiger partial charge in [-0.3, -0.25) is 9.48 Å². The number of H-pyrrole nitrogens is 1. The van der Waals surface area contributed by atoms with Crippen LogP contribution in [0.3, 0.4) is 0 Å². The van der Waals surface area contributed by atoms with E-state index >= 15 is 0 Å². The Labute approximate surface area is 152 Å². The summed E-state index contributed by atoms with van der Waals surface area (Å²) < 4.78 is 1.81. The second kappa shape index (κ2) is 6.30. The Balaban J connectivity index is 1.84. The van der Waals surface area contributed by atoms with Crippen molar-refractivity contribution in [2.24, 2.45) is 7.05 Å². The van der Waals surface area contributed by atoms with Crippen LogP contribution in [-0.4, -0.2) is 21.1 Å². The molecule has 2 heterocycles. The van der Waals surface area contributed by atoms with Crippen molar-refractivity contribution in [3.05, 3.63) is 76.6 Å². The van der Waals surface area contributed by atoms with E-state index in [1.54, 1.807) is 0 Å². The Morgan fingerprint density at radius 2 is 1.85 bits per heavy atom. The Kier molecular flexibility index (Phi) is 3.96. The second-order valence-electron chi connectivity index (χ2n) is 6.79. The van der Waals surface area contributed by atoms with Crippen LogP contribution < -0.4 is 0 Å². The molecule has 2 aromatic carbocycles. The van der Waals surface area contributed by atoms with Gasteiger partial charge in [-0.15, -0.1) is 0 Å². The summed E-state index contributed by atoms with van der Waals surface area (Å²) in [4.78, 5) is 14.8. The second-order valence-corrected chi connectivity index (χ2v) is 6.79. The Hall–Kier alpha value is -3.14. The van der Waals surface area contributed by atoms with Gasteiger partial charge in [-0.2, -0.15) is 5.10 Å². The topological polar surface area (TPSA) is 50.7 Å². The number of fused-ring (bicyclic) bond motifs is 1. The summed E-state index contributed by atoms with van der Waals surface area (Å²) in [6, 6.07) is 12.3. The quantitative estimate of drug-likeness (QED) is 0.551. The summed E-state index contributed by atoms with van der Waals surface area (Å²) in [5.41, 5.74) is 8.82. The maximum Gasteiger partial charge on any atom is 0.150 e. The standard InChI is InChI=1S/C22H21N3O/c1-14-16(6-4-8-18(14)13-26)10-17-7-5-9-20-21(17)15(2)22(24-20)19-11-23-25(3)12-19/h4-9,11-13,24H,10H2,1-3H3. The van der Waals surface area contributed by atoms with Crippen molar-refractivity contribution < 1.29 is 4.79 Å². The van der Waals surface area contributed by atoms with E-state index in [0.717, 1.165) is 40.6 Å².